The third-order valence-corrected chi connectivity index (χ3v) is 8.94. The van der Waals surface area contributed by atoms with Gasteiger partial charge in [-0.25, -0.2) is 4.98 Å². The second-order valence-corrected chi connectivity index (χ2v) is 11.5. The Balaban J connectivity index is 1.05. The Morgan fingerprint density at radius 1 is 1.22 bits per heavy atom. The van der Waals surface area contributed by atoms with Gasteiger partial charge in [0.1, 0.15) is 11.8 Å². The smallest absolute Gasteiger partial charge is 0.361 e. The van der Waals surface area contributed by atoms with E-state index in [0.29, 0.717) is 29.8 Å². The minimum atomic E-state index is -4.20. The van der Waals surface area contributed by atoms with Crippen LogP contribution in [0.1, 0.15) is 67.0 Å². The quantitative estimate of drug-likeness (QED) is 0.568. The molecule has 2 aliphatic heterocycles. The molecule has 1 amide bonds. The molecule has 0 radical (unpaired) electrons. The van der Waals surface area contributed by atoms with Crippen molar-refractivity contribution in [3.63, 3.8) is 0 Å². The summed E-state index contributed by atoms with van der Waals surface area (Å²) in [5.41, 5.74) is 1.74. The van der Waals surface area contributed by atoms with Gasteiger partial charge in [-0.3, -0.25) is 9.69 Å². The van der Waals surface area contributed by atoms with Crippen LogP contribution < -0.4 is 10.2 Å². The molecular formula is C25H34F3N5O2S. The fourth-order valence-electron chi connectivity index (χ4n) is 5.79. The summed E-state index contributed by atoms with van der Waals surface area (Å²) in [5, 5.41) is 7.50. The van der Waals surface area contributed by atoms with Crippen molar-refractivity contribution < 1.29 is 22.5 Å². The van der Waals surface area contributed by atoms with Crippen molar-refractivity contribution in [3.8, 4) is 0 Å². The number of hydrogen-bond donors (Lipinski definition) is 1. The highest BCUT2D eigenvalue weighted by molar-refractivity contribution is 7.15. The third-order valence-electron chi connectivity index (χ3n) is 7.75. The normalized spacial score (nSPS) is 25.2. The number of nitrogens with zero attached hydrogens (tertiary/aromatic N) is 4. The summed E-state index contributed by atoms with van der Waals surface area (Å²) in [7, 11) is 0. The van der Waals surface area contributed by atoms with E-state index < -0.39 is 12.2 Å². The summed E-state index contributed by atoms with van der Waals surface area (Å²) in [6.45, 7) is 4.91. The van der Waals surface area contributed by atoms with E-state index >= 15 is 0 Å². The molecule has 1 atom stereocenters. The molecule has 4 heterocycles. The second-order valence-electron chi connectivity index (χ2n) is 10.5. The lowest BCUT2D eigenvalue weighted by Crippen LogP contribution is -2.41. The van der Waals surface area contributed by atoms with E-state index in [9.17, 15) is 18.0 Å². The Morgan fingerprint density at radius 2 is 2.03 bits per heavy atom. The topological polar surface area (TPSA) is 74.5 Å². The van der Waals surface area contributed by atoms with Gasteiger partial charge < -0.3 is 14.7 Å². The predicted molar refractivity (Wildman–Crippen MR) is 131 cm³/mol. The Kier molecular flexibility index (Phi) is 7.57. The number of hydrogen-bond acceptors (Lipinski definition) is 7. The lowest BCUT2D eigenvalue weighted by Gasteiger charge is -2.32. The maximum absolute atomic E-state index is 13.4. The lowest BCUT2D eigenvalue weighted by atomic mass is 9.84. The molecular weight excluding hydrogens is 491 g/mol. The van der Waals surface area contributed by atoms with Crippen LogP contribution in [0, 0.1) is 12.8 Å². The molecule has 198 valence electrons. The fourth-order valence-corrected chi connectivity index (χ4v) is 6.92. The number of anilines is 1. The number of aromatic nitrogens is 2. The van der Waals surface area contributed by atoms with Crippen LogP contribution in [0.2, 0.25) is 0 Å². The van der Waals surface area contributed by atoms with Crippen molar-refractivity contribution in [2.75, 3.05) is 24.5 Å². The molecule has 2 aromatic heterocycles. The molecule has 7 nitrogen and oxygen atoms in total. The minimum Gasteiger partial charge on any atom is -0.361 e. The number of carbonyl (C=O) groups is 1. The third kappa shape index (κ3) is 6.04. The van der Waals surface area contributed by atoms with Crippen molar-refractivity contribution in [1.29, 1.82) is 0 Å². The van der Waals surface area contributed by atoms with Crippen LogP contribution in [0.5, 0.6) is 0 Å². The zero-order valence-electron chi connectivity index (χ0n) is 20.6. The number of carbonyl (C=O) groups excluding carboxylic acids is 1. The molecule has 36 heavy (non-hydrogen) atoms. The Bertz CT molecular complexity index is 1050. The van der Waals surface area contributed by atoms with E-state index in [0.717, 1.165) is 74.4 Å². The molecule has 0 aromatic carbocycles. The van der Waals surface area contributed by atoms with Crippen LogP contribution >= 0.6 is 11.3 Å². The second kappa shape index (κ2) is 10.7. The van der Waals surface area contributed by atoms with Crippen molar-refractivity contribution in [1.82, 2.24) is 20.4 Å². The van der Waals surface area contributed by atoms with Gasteiger partial charge in [0.2, 0.25) is 5.91 Å². The van der Waals surface area contributed by atoms with Gasteiger partial charge in [-0.1, -0.05) is 5.16 Å². The number of alkyl halides is 3. The first-order chi connectivity index (χ1) is 17.2. The summed E-state index contributed by atoms with van der Waals surface area (Å²) >= 11 is 1.45. The van der Waals surface area contributed by atoms with Crippen molar-refractivity contribution in [2.45, 2.75) is 89.5 Å². The SMILES string of the molecule is Cc1cc(CC(=O)N[C@H]2CC[C@H](CCN3CCc4sc(N5CCCC5C(F)(F)F)nc4C3)CC2)on1. The minimum absolute atomic E-state index is 0.0168. The molecule has 11 heteroatoms. The lowest BCUT2D eigenvalue weighted by molar-refractivity contribution is -0.146. The Hall–Kier alpha value is -2.14. The molecule has 5 rings (SSSR count). The van der Waals surface area contributed by atoms with Gasteiger partial charge in [0.15, 0.2) is 5.13 Å². The zero-order valence-corrected chi connectivity index (χ0v) is 21.5. The van der Waals surface area contributed by atoms with Crippen molar-refractivity contribution >= 4 is 22.4 Å². The molecule has 1 saturated carbocycles. The van der Waals surface area contributed by atoms with E-state index in [4.69, 9.17) is 4.52 Å². The summed E-state index contributed by atoms with van der Waals surface area (Å²) < 4.78 is 45.3. The Morgan fingerprint density at radius 3 is 2.75 bits per heavy atom. The number of halogens is 3. The zero-order chi connectivity index (χ0) is 25.3. The van der Waals surface area contributed by atoms with Crippen molar-refractivity contribution in [2.24, 2.45) is 5.92 Å². The van der Waals surface area contributed by atoms with Crippen LogP contribution in [0.3, 0.4) is 0 Å². The van der Waals surface area contributed by atoms with Gasteiger partial charge in [-0.05, 0) is 70.8 Å². The standard InChI is InChI=1S/C25H34F3N5O2S/c1-16-13-19(35-31-16)14-23(34)29-18-6-4-17(5-7-18)8-11-32-12-9-21-20(15-32)30-24(36-21)33-10-2-3-22(33)25(26,27)28/h13,17-18,22H,2-12,14-15H2,1H3,(H,29,34)/t17-,18-,22?. The van der Waals surface area contributed by atoms with Gasteiger partial charge in [-0.2, -0.15) is 13.2 Å². The number of aryl methyl sites for hydroxylation is 1. The van der Waals surface area contributed by atoms with Gasteiger partial charge in [-0.15, -0.1) is 11.3 Å². The Labute approximate surface area is 213 Å². The molecule has 2 aromatic rings. The molecule has 1 aliphatic carbocycles. The highest BCUT2D eigenvalue weighted by atomic mass is 32.1. The monoisotopic (exact) mass is 525 g/mol. The molecule has 0 spiro atoms. The van der Waals surface area contributed by atoms with Crippen LogP contribution in [-0.2, 0) is 24.2 Å². The molecule has 1 N–H and O–H groups in total. The average molecular weight is 526 g/mol. The maximum atomic E-state index is 13.4. The number of amides is 1. The van der Waals surface area contributed by atoms with E-state index in [1.165, 1.54) is 16.2 Å². The molecule has 0 bridgehead atoms. The average Bonchev–Trinajstić information content (AvgIpc) is 3.57. The molecule has 1 unspecified atom stereocenters. The first-order valence-corrected chi connectivity index (χ1v) is 13.8. The molecule has 2 fully saturated rings. The highest BCUT2D eigenvalue weighted by Gasteiger charge is 2.47. The summed E-state index contributed by atoms with van der Waals surface area (Å²) in [6, 6.07) is 0.611. The van der Waals surface area contributed by atoms with Crippen LogP contribution in [-0.4, -0.2) is 58.8 Å². The van der Waals surface area contributed by atoms with E-state index in [2.05, 4.69) is 20.4 Å². The van der Waals surface area contributed by atoms with Crippen LogP contribution in [0.4, 0.5) is 18.3 Å². The van der Waals surface area contributed by atoms with Gasteiger partial charge >= 0.3 is 6.18 Å². The first-order valence-electron chi connectivity index (χ1n) is 13.0. The van der Waals surface area contributed by atoms with Gasteiger partial charge in [0.25, 0.3) is 0 Å². The number of rotatable bonds is 7. The van der Waals surface area contributed by atoms with Gasteiger partial charge in [0.05, 0.1) is 17.8 Å². The number of thiazole rings is 1. The van der Waals surface area contributed by atoms with Crippen LogP contribution in [0.15, 0.2) is 10.6 Å². The summed E-state index contributed by atoms with van der Waals surface area (Å²) in [4.78, 5) is 22.0. The fraction of sp³-hybridized carbons (Fsp3) is 0.720. The summed E-state index contributed by atoms with van der Waals surface area (Å²) in [5.74, 6) is 1.22. The highest BCUT2D eigenvalue weighted by Crippen LogP contribution is 2.39. The number of nitrogens with one attached hydrogen (secondary N) is 1. The van der Waals surface area contributed by atoms with Gasteiger partial charge in [0, 0.05) is 36.6 Å². The molecule has 3 aliphatic rings. The van der Waals surface area contributed by atoms with Crippen LogP contribution in [0.25, 0.3) is 0 Å². The van der Waals surface area contributed by atoms with Crippen molar-refractivity contribution in [3.05, 3.63) is 28.1 Å². The van der Waals surface area contributed by atoms with E-state index in [1.54, 1.807) is 6.07 Å². The largest absolute Gasteiger partial charge is 0.408 e. The number of fused-ring (bicyclic) bond motifs is 1. The van der Waals surface area contributed by atoms with E-state index in [1.807, 2.05) is 6.92 Å². The first kappa shape index (κ1) is 25.5. The van der Waals surface area contributed by atoms with E-state index in [-0.39, 0.29) is 24.8 Å². The summed E-state index contributed by atoms with van der Waals surface area (Å²) in [6.07, 6.45) is 2.88. The predicted octanol–water partition coefficient (Wildman–Crippen LogP) is 4.64. The maximum Gasteiger partial charge on any atom is 0.408 e. The molecule has 1 saturated heterocycles.